The van der Waals surface area contributed by atoms with Gasteiger partial charge in [0.15, 0.2) is 0 Å². The van der Waals surface area contributed by atoms with Crippen molar-refractivity contribution < 1.29 is 18.3 Å². The molecule has 0 spiro atoms. The van der Waals surface area contributed by atoms with Crippen LogP contribution in [0.3, 0.4) is 0 Å². The average Bonchev–Trinajstić information content (AvgIpc) is 2.64. The fourth-order valence-corrected chi connectivity index (χ4v) is 3.34. The second kappa shape index (κ2) is 10.6. The van der Waals surface area contributed by atoms with Crippen molar-refractivity contribution in [2.24, 2.45) is 0 Å². The molecule has 0 aliphatic rings. The van der Waals surface area contributed by atoms with Gasteiger partial charge in [0.2, 0.25) is 15.9 Å². The molecular weight excluding hydrogens is 414 g/mol. The van der Waals surface area contributed by atoms with Crippen molar-refractivity contribution in [1.29, 1.82) is 0 Å². The Morgan fingerprint density at radius 3 is 2.45 bits per heavy atom. The molecule has 7 nitrogen and oxygen atoms in total. The van der Waals surface area contributed by atoms with E-state index in [0.717, 1.165) is 17.5 Å². The van der Waals surface area contributed by atoms with Gasteiger partial charge < -0.3 is 15.7 Å². The molecule has 1 amide bonds. The summed E-state index contributed by atoms with van der Waals surface area (Å²) in [6, 6.07) is 14.4. The van der Waals surface area contributed by atoms with Gasteiger partial charge in [-0.15, -0.1) is 0 Å². The number of benzene rings is 2. The Balaban J connectivity index is 1.75. The van der Waals surface area contributed by atoms with Crippen molar-refractivity contribution in [2.75, 3.05) is 24.7 Å². The van der Waals surface area contributed by atoms with Gasteiger partial charge in [-0.25, -0.2) is 8.42 Å². The molecular formula is C20H26ClN3O4S. The van der Waals surface area contributed by atoms with Crippen molar-refractivity contribution in [2.45, 2.75) is 25.5 Å². The van der Waals surface area contributed by atoms with Gasteiger partial charge in [0.1, 0.15) is 0 Å². The summed E-state index contributed by atoms with van der Waals surface area (Å²) in [5.74, 6) is -0.565. The summed E-state index contributed by atoms with van der Waals surface area (Å²) in [5.41, 5.74) is 2.36. The lowest BCUT2D eigenvalue weighted by molar-refractivity contribution is -0.118. The fraction of sp³-hybridized carbons (Fsp3) is 0.350. The van der Waals surface area contributed by atoms with Crippen molar-refractivity contribution >= 4 is 33.2 Å². The number of amides is 1. The molecule has 2 aromatic carbocycles. The van der Waals surface area contributed by atoms with Crippen LogP contribution in [-0.2, 0) is 21.2 Å². The summed E-state index contributed by atoms with van der Waals surface area (Å²) in [5, 5.41) is 17.4. The summed E-state index contributed by atoms with van der Waals surface area (Å²) in [6.07, 6.45) is 0.293. The van der Waals surface area contributed by atoms with Gasteiger partial charge in [0.05, 0.1) is 18.8 Å². The Labute approximate surface area is 176 Å². The molecule has 29 heavy (non-hydrogen) atoms. The quantitative estimate of drug-likeness (QED) is 0.451. The lowest BCUT2D eigenvalue weighted by atomic mass is 10.1. The number of halogens is 1. The molecule has 0 saturated carbocycles. The van der Waals surface area contributed by atoms with Gasteiger partial charge in [-0.2, -0.15) is 0 Å². The number of anilines is 1. The Morgan fingerprint density at radius 1 is 1.14 bits per heavy atom. The van der Waals surface area contributed by atoms with Crippen molar-refractivity contribution in [3.8, 4) is 0 Å². The normalized spacial score (nSPS) is 13.5. The van der Waals surface area contributed by atoms with Gasteiger partial charge in [-0.1, -0.05) is 35.9 Å². The zero-order chi connectivity index (χ0) is 21.4. The average molecular weight is 440 g/mol. The number of hydrogen-bond acceptors (Lipinski definition) is 6. The SMILES string of the molecule is C[C@H](CNc1ccc(CC(=O)NS(C)(=O)=O)cc1)NC[C@H](O)c1cccc(Cl)c1. The van der Waals surface area contributed by atoms with E-state index < -0.39 is 22.0 Å². The molecule has 0 heterocycles. The fourth-order valence-electron chi connectivity index (χ4n) is 2.66. The van der Waals surface area contributed by atoms with Crippen LogP contribution >= 0.6 is 11.6 Å². The first-order chi connectivity index (χ1) is 13.6. The topological polar surface area (TPSA) is 108 Å². The van der Waals surface area contributed by atoms with E-state index in [4.69, 9.17) is 11.6 Å². The molecule has 2 rings (SSSR count). The molecule has 0 bridgehead atoms. The number of rotatable bonds is 10. The van der Waals surface area contributed by atoms with Crippen LogP contribution in [0.2, 0.25) is 5.02 Å². The highest BCUT2D eigenvalue weighted by Crippen LogP contribution is 2.17. The van der Waals surface area contributed by atoms with Gasteiger partial charge >= 0.3 is 0 Å². The van der Waals surface area contributed by atoms with Gasteiger partial charge in [-0.05, 0) is 42.3 Å². The van der Waals surface area contributed by atoms with Crippen molar-refractivity contribution in [3.05, 3.63) is 64.7 Å². The van der Waals surface area contributed by atoms with Crippen LogP contribution in [-0.4, -0.2) is 44.8 Å². The largest absolute Gasteiger partial charge is 0.387 e. The third-order valence-electron chi connectivity index (χ3n) is 4.12. The summed E-state index contributed by atoms with van der Waals surface area (Å²) >= 11 is 5.95. The molecule has 0 radical (unpaired) electrons. The molecule has 0 saturated heterocycles. The maximum absolute atomic E-state index is 11.6. The zero-order valence-corrected chi connectivity index (χ0v) is 17.9. The Hall–Kier alpha value is -2.13. The van der Waals surface area contributed by atoms with Crippen LogP contribution in [0.1, 0.15) is 24.2 Å². The maximum Gasteiger partial charge on any atom is 0.237 e. The maximum atomic E-state index is 11.6. The molecule has 0 aromatic heterocycles. The van der Waals surface area contributed by atoms with Crippen LogP contribution < -0.4 is 15.4 Å². The second-order valence-corrected chi connectivity index (χ2v) is 9.12. The van der Waals surface area contributed by atoms with Crippen LogP contribution in [0.5, 0.6) is 0 Å². The smallest absolute Gasteiger partial charge is 0.237 e. The molecule has 9 heteroatoms. The minimum atomic E-state index is -3.54. The summed E-state index contributed by atoms with van der Waals surface area (Å²) in [7, 11) is -3.54. The van der Waals surface area contributed by atoms with Gasteiger partial charge in [-0.3, -0.25) is 9.52 Å². The van der Waals surface area contributed by atoms with Crippen LogP contribution in [0.4, 0.5) is 5.69 Å². The van der Waals surface area contributed by atoms with Crippen molar-refractivity contribution in [1.82, 2.24) is 10.0 Å². The molecule has 0 fully saturated rings. The first-order valence-corrected chi connectivity index (χ1v) is 11.4. The summed E-state index contributed by atoms with van der Waals surface area (Å²) in [4.78, 5) is 11.6. The van der Waals surface area contributed by atoms with E-state index in [0.29, 0.717) is 23.7 Å². The number of carbonyl (C=O) groups excluding carboxylic acids is 1. The van der Waals surface area contributed by atoms with E-state index in [2.05, 4.69) is 10.6 Å². The predicted octanol–water partition coefficient (Wildman–Crippen LogP) is 2.08. The Bertz CT molecular complexity index is 920. The van der Waals surface area contributed by atoms with E-state index in [1.807, 2.05) is 29.8 Å². The van der Waals surface area contributed by atoms with E-state index in [9.17, 15) is 18.3 Å². The molecule has 158 valence electrons. The molecule has 2 aromatic rings. The number of nitrogens with one attached hydrogen (secondary N) is 3. The second-order valence-electron chi connectivity index (χ2n) is 6.93. The molecule has 4 N–H and O–H groups in total. The monoisotopic (exact) mass is 439 g/mol. The van der Waals surface area contributed by atoms with Gasteiger partial charge in [0, 0.05) is 29.8 Å². The number of hydrogen-bond donors (Lipinski definition) is 4. The molecule has 0 aliphatic carbocycles. The highest BCUT2D eigenvalue weighted by molar-refractivity contribution is 7.89. The summed E-state index contributed by atoms with van der Waals surface area (Å²) < 4.78 is 24.1. The number of aliphatic hydroxyl groups is 1. The molecule has 2 atom stereocenters. The lowest BCUT2D eigenvalue weighted by Gasteiger charge is -2.18. The van der Waals surface area contributed by atoms with E-state index in [1.165, 1.54) is 0 Å². The molecule has 0 unspecified atom stereocenters. The van der Waals surface area contributed by atoms with Crippen LogP contribution in [0.25, 0.3) is 0 Å². The zero-order valence-electron chi connectivity index (χ0n) is 16.4. The minimum Gasteiger partial charge on any atom is -0.387 e. The highest BCUT2D eigenvalue weighted by atomic mass is 35.5. The lowest BCUT2D eigenvalue weighted by Crippen LogP contribution is -2.35. The third kappa shape index (κ3) is 8.82. The Kier molecular flexibility index (Phi) is 8.45. The number of carbonyl (C=O) groups is 1. The Morgan fingerprint density at radius 2 is 1.83 bits per heavy atom. The predicted molar refractivity (Wildman–Crippen MR) is 115 cm³/mol. The van der Waals surface area contributed by atoms with E-state index >= 15 is 0 Å². The number of sulfonamides is 1. The number of aliphatic hydroxyl groups excluding tert-OH is 1. The minimum absolute atomic E-state index is 0.00724. The van der Waals surface area contributed by atoms with E-state index in [1.54, 1.807) is 30.3 Å². The highest BCUT2D eigenvalue weighted by Gasteiger charge is 2.11. The van der Waals surface area contributed by atoms with Crippen LogP contribution in [0, 0.1) is 0 Å². The van der Waals surface area contributed by atoms with Gasteiger partial charge in [0.25, 0.3) is 0 Å². The standard InChI is InChI=1S/C20H26ClN3O4S/c1-14(22-13-19(25)16-4-3-5-17(21)11-16)12-23-18-8-6-15(7-9-18)10-20(26)24-29(2,27)28/h3-9,11,14,19,22-23,25H,10,12-13H2,1-2H3,(H,24,26)/t14-,19+/m1/s1. The van der Waals surface area contributed by atoms with Crippen molar-refractivity contribution in [3.63, 3.8) is 0 Å². The van der Waals surface area contributed by atoms with Crippen LogP contribution in [0.15, 0.2) is 48.5 Å². The molecule has 0 aliphatic heterocycles. The van der Waals surface area contributed by atoms with E-state index in [-0.39, 0.29) is 12.5 Å². The first kappa shape index (κ1) is 23.2. The summed E-state index contributed by atoms with van der Waals surface area (Å²) in [6.45, 7) is 3.04. The third-order valence-corrected chi connectivity index (χ3v) is 4.96. The first-order valence-electron chi connectivity index (χ1n) is 9.13.